The van der Waals surface area contributed by atoms with Crippen molar-refractivity contribution >= 4 is 11.5 Å². The lowest BCUT2D eigenvalue weighted by Gasteiger charge is -2.09. The second-order valence-corrected chi connectivity index (χ2v) is 4.75. The molecule has 0 radical (unpaired) electrons. The van der Waals surface area contributed by atoms with Gasteiger partial charge in [0, 0.05) is 17.4 Å². The monoisotopic (exact) mass is 255 g/mol. The van der Waals surface area contributed by atoms with Gasteiger partial charge < -0.3 is 10.1 Å². The minimum atomic E-state index is 0.702. The van der Waals surface area contributed by atoms with E-state index in [0.717, 1.165) is 36.1 Å². The summed E-state index contributed by atoms with van der Waals surface area (Å²) in [5.41, 5.74) is 4.63. The maximum atomic E-state index is 5.42. The van der Waals surface area contributed by atoms with Gasteiger partial charge in [0.2, 0.25) is 0 Å². The van der Waals surface area contributed by atoms with Gasteiger partial charge in [0.25, 0.3) is 0 Å². The van der Waals surface area contributed by atoms with Crippen LogP contribution in [0.2, 0.25) is 0 Å². The number of rotatable bonds is 3. The first-order valence-electron chi connectivity index (χ1n) is 6.55. The van der Waals surface area contributed by atoms with Crippen molar-refractivity contribution in [2.75, 3.05) is 5.32 Å². The number of hydrogen-bond acceptors (Lipinski definition) is 4. The molecule has 1 aliphatic heterocycles. The maximum absolute atomic E-state index is 5.42. The molecule has 0 bridgehead atoms. The second-order valence-electron chi connectivity index (χ2n) is 4.75. The molecule has 4 nitrogen and oxygen atoms in total. The molecular weight excluding hydrogens is 238 g/mol. The Morgan fingerprint density at radius 3 is 2.84 bits per heavy atom. The summed E-state index contributed by atoms with van der Waals surface area (Å²) in [7, 11) is 0. The predicted molar refractivity (Wildman–Crippen MR) is 74.4 cm³/mol. The fraction of sp³-hybridized carbons (Fsp3) is 0.333. The van der Waals surface area contributed by atoms with Crippen LogP contribution in [-0.2, 0) is 24.4 Å². The standard InChI is InChI=1S/C15H17N3O/c1-3-13-7-15(17-10(2)16-13)18-14-5-4-11-8-19-9-12(11)6-14/h4-7H,3,8-9H2,1-2H3,(H,16,17,18). The van der Waals surface area contributed by atoms with E-state index < -0.39 is 0 Å². The average Bonchev–Trinajstić information content (AvgIpc) is 2.85. The molecule has 0 atom stereocenters. The summed E-state index contributed by atoms with van der Waals surface area (Å²) in [6.07, 6.45) is 0.913. The normalized spacial score (nSPS) is 13.4. The molecule has 98 valence electrons. The largest absolute Gasteiger partial charge is 0.372 e. The third-order valence-electron chi connectivity index (χ3n) is 3.25. The van der Waals surface area contributed by atoms with Crippen molar-refractivity contribution < 1.29 is 4.74 Å². The lowest BCUT2D eigenvalue weighted by Crippen LogP contribution is -2.00. The fourth-order valence-corrected chi connectivity index (χ4v) is 2.27. The first-order chi connectivity index (χ1) is 9.24. The van der Waals surface area contributed by atoms with Crippen molar-refractivity contribution in [1.29, 1.82) is 0 Å². The zero-order valence-electron chi connectivity index (χ0n) is 11.2. The number of benzene rings is 1. The number of nitrogens with zero attached hydrogens (tertiary/aromatic N) is 2. The lowest BCUT2D eigenvalue weighted by atomic mass is 10.1. The van der Waals surface area contributed by atoms with Crippen molar-refractivity contribution in [2.24, 2.45) is 0 Å². The molecule has 1 aromatic carbocycles. The van der Waals surface area contributed by atoms with Gasteiger partial charge in [-0.15, -0.1) is 0 Å². The molecular formula is C15H17N3O. The van der Waals surface area contributed by atoms with Crippen molar-refractivity contribution in [3.63, 3.8) is 0 Å². The van der Waals surface area contributed by atoms with Gasteiger partial charge in [-0.25, -0.2) is 9.97 Å². The minimum absolute atomic E-state index is 0.702. The summed E-state index contributed by atoms with van der Waals surface area (Å²) in [5.74, 6) is 1.65. The van der Waals surface area contributed by atoms with Crippen LogP contribution < -0.4 is 5.32 Å². The van der Waals surface area contributed by atoms with Gasteiger partial charge in [-0.3, -0.25) is 0 Å². The number of anilines is 2. The van der Waals surface area contributed by atoms with Crippen molar-refractivity contribution in [3.05, 3.63) is 46.9 Å². The molecule has 4 heteroatoms. The van der Waals surface area contributed by atoms with Gasteiger partial charge in [-0.2, -0.15) is 0 Å². The Bertz CT molecular complexity index is 610. The third kappa shape index (κ3) is 2.58. The molecule has 19 heavy (non-hydrogen) atoms. The van der Waals surface area contributed by atoms with E-state index in [2.05, 4.69) is 40.4 Å². The highest BCUT2D eigenvalue weighted by atomic mass is 16.5. The molecule has 1 N–H and O–H groups in total. The third-order valence-corrected chi connectivity index (χ3v) is 3.25. The summed E-state index contributed by atoms with van der Waals surface area (Å²) in [4.78, 5) is 8.80. The molecule has 2 heterocycles. The van der Waals surface area contributed by atoms with E-state index in [-0.39, 0.29) is 0 Å². The number of fused-ring (bicyclic) bond motifs is 1. The van der Waals surface area contributed by atoms with E-state index in [9.17, 15) is 0 Å². The smallest absolute Gasteiger partial charge is 0.134 e. The number of aryl methyl sites for hydroxylation is 2. The van der Waals surface area contributed by atoms with E-state index in [0.29, 0.717) is 6.61 Å². The van der Waals surface area contributed by atoms with Gasteiger partial charge in [0.1, 0.15) is 11.6 Å². The number of nitrogens with one attached hydrogen (secondary N) is 1. The van der Waals surface area contributed by atoms with E-state index in [1.54, 1.807) is 0 Å². The van der Waals surface area contributed by atoms with E-state index >= 15 is 0 Å². The second kappa shape index (κ2) is 4.97. The predicted octanol–water partition coefficient (Wildman–Crippen LogP) is 3.12. The van der Waals surface area contributed by atoms with Crippen molar-refractivity contribution in [2.45, 2.75) is 33.5 Å². The highest BCUT2D eigenvalue weighted by molar-refractivity contribution is 5.58. The molecule has 0 saturated carbocycles. The van der Waals surface area contributed by atoms with Gasteiger partial charge in [-0.05, 0) is 36.6 Å². The SMILES string of the molecule is CCc1cc(Nc2ccc3c(c2)COC3)nc(C)n1. The van der Waals surface area contributed by atoms with Crippen LogP contribution in [0.5, 0.6) is 0 Å². The van der Waals surface area contributed by atoms with Crippen molar-refractivity contribution in [3.8, 4) is 0 Å². The average molecular weight is 255 g/mol. The quantitative estimate of drug-likeness (QED) is 0.915. The number of hydrogen-bond donors (Lipinski definition) is 1. The fourth-order valence-electron chi connectivity index (χ4n) is 2.27. The van der Waals surface area contributed by atoms with E-state index in [1.807, 2.05) is 13.0 Å². The molecule has 0 amide bonds. The first kappa shape index (κ1) is 12.1. The molecule has 0 unspecified atom stereocenters. The first-order valence-corrected chi connectivity index (χ1v) is 6.55. The lowest BCUT2D eigenvalue weighted by molar-refractivity contribution is 0.134. The summed E-state index contributed by atoms with van der Waals surface area (Å²) in [5, 5.41) is 3.34. The molecule has 1 aliphatic rings. The zero-order valence-corrected chi connectivity index (χ0v) is 11.2. The zero-order chi connectivity index (χ0) is 13.2. The topological polar surface area (TPSA) is 47.0 Å². The van der Waals surface area contributed by atoms with Gasteiger partial charge in [0.05, 0.1) is 13.2 Å². The van der Waals surface area contributed by atoms with Crippen LogP contribution in [0.4, 0.5) is 11.5 Å². The molecule has 0 spiro atoms. The molecule has 0 aliphatic carbocycles. The van der Waals surface area contributed by atoms with Crippen LogP contribution in [0, 0.1) is 6.92 Å². The van der Waals surface area contributed by atoms with E-state index in [4.69, 9.17) is 4.74 Å². The van der Waals surface area contributed by atoms with Crippen LogP contribution in [-0.4, -0.2) is 9.97 Å². The summed E-state index contributed by atoms with van der Waals surface area (Å²) >= 11 is 0. The molecule has 1 aromatic heterocycles. The van der Waals surface area contributed by atoms with Crippen molar-refractivity contribution in [1.82, 2.24) is 9.97 Å². The van der Waals surface area contributed by atoms with Gasteiger partial charge in [0.15, 0.2) is 0 Å². The van der Waals surface area contributed by atoms with Crippen LogP contribution in [0.25, 0.3) is 0 Å². The molecule has 2 aromatic rings. The minimum Gasteiger partial charge on any atom is -0.372 e. The van der Waals surface area contributed by atoms with Gasteiger partial charge >= 0.3 is 0 Å². The summed E-state index contributed by atoms with van der Waals surface area (Å²) < 4.78 is 5.42. The Hall–Kier alpha value is -1.94. The molecule has 0 fully saturated rings. The number of aromatic nitrogens is 2. The Kier molecular flexibility index (Phi) is 3.17. The molecule has 3 rings (SSSR count). The van der Waals surface area contributed by atoms with E-state index in [1.165, 1.54) is 11.1 Å². The van der Waals surface area contributed by atoms with Crippen LogP contribution in [0.1, 0.15) is 29.6 Å². The highest BCUT2D eigenvalue weighted by Crippen LogP contribution is 2.25. The summed E-state index contributed by atoms with van der Waals surface area (Å²) in [6.45, 7) is 5.44. The maximum Gasteiger partial charge on any atom is 0.134 e. The van der Waals surface area contributed by atoms with Gasteiger partial charge in [-0.1, -0.05) is 13.0 Å². The Balaban J connectivity index is 1.86. The summed E-state index contributed by atoms with van der Waals surface area (Å²) in [6, 6.07) is 8.30. The Morgan fingerprint density at radius 2 is 2.00 bits per heavy atom. The Labute approximate surface area is 112 Å². The van der Waals surface area contributed by atoms with Crippen LogP contribution >= 0.6 is 0 Å². The van der Waals surface area contributed by atoms with Crippen LogP contribution in [0.3, 0.4) is 0 Å². The van der Waals surface area contributed by atoms with Crippen LogP contribution in [0.15, 0.2) is 24.3 Å². The molecule has 0 saturated heterocycles. The highest BCUT2D eigenvalue weighted by Gasteiger charge is 2.11. The number of ether oxygens (including phenoxy) is 1. The Morgan fingerprint density at radius 1 is 1.16 bits per heavy atom.